The monoisotopic (exact) mass is 650 g/mol. The highest BCUT2D eigenvalue weighted by Crippen LogP contribution is 2.49. The first-order chi connectivity index (χ1) is 25.3. The molecule has 4 heterocycles. The van der Waals surface area contributed by atoms with E-state index < -0.39 is 0 Å². The van der Waals surface area contributed by atoms with Crippen molar-refractivity contribution in [3.8, 4) is 34.4 Å². The summed E-state index contributed by atoms with van der Waals surface area (Å²) in [6.07, 6.45) is 0. The fourth-order valence-electron chi connectivity index (χ4n) is 8.48. The van der Waals surface area contributed by atoms with Crippen molar-refractivity contribution < 1.29 is 4.74 Å². The Morgan fingerprint density at radius 2 is 1.18 bits per heavy atom. The van der Waals surface area contributed by atoms with Crippen molar-refractivity contribution in [2.45, 2.75) is 0 Å². The Labute approximate surface area is 291 Å². The maximum atomic E-state index is 6.62. The van der Waals surface area contributed by atoms with Gasteiger partial charge >= 0.3 is 0 Å². The second-order valence-corrected chi connectivity index (χ2v) is 13.4. The van der Waals surface area contributed by atoms with Crippen LogP contribution in [0.3, 0.4) is 0 Å². The molecule has 8 aromatic carbocycles. The third kappa shape index (κ3) is 3.59. The largest absolute Gasteiger partial charge is 0.455 e. The van der Waals surface area contributed by atoms with Gasteiger partial charge in [0.2, 0.25) is 5.95 Å². The number of nitrogens with zero attached hydrogens (tertiary/aromatic N) is 4. The van der Waals surface area contributed by atoms with E-state index in [2.05, 4.69) is 155 Å². The van der Waals surface area contributed by atoms with Crippen LogP contribution in [0, 0.1) is 0 Å². The lowest BCUT2D eigenvalue weighted by Gasteiger charge is -2.22. The van der Waals surface area contributed by atoms with E-state index in [-0.39, 0.29) is 0 Å². The molecule has 0 fully saturated rings. The summed E-state index contributed by atoms with van der Waals surface area (Å²) in [6, 6.07) is 55.9. The van der Waals surface area contributed by atoms with Crippen LogP contribution in [-0.4, -0.2) is 19.1 Å². The molecule has 12 rings (SSSR count). The molecule has 0 saturated carbocycles. The second-order valence-electron chi connectivity index (χ2n) is 13.4. The van der Waals surface area contributed by atoms with Gasteiger partial charge in [0, 0.05) is 38.2 Å². The first kappa shape index (κ1) is 26.9. The van der Waals surface area contributed by atoms with Crippen LogP contribution < -0.4 is 4.74 Å². The molecule has 0 atom stereocenters. The van der Waals surface area contributed by atoms with Gasteiger partial charge in [0.1, 0.15) is 11.5 Å². The summed E-state index contributed by atoms with van der Waals surface area (Å²) in [7, 11) is 0. The van der Waals surface area contributed by atoms with Crippen molar-refractivity contribution in [2.75, 3.05) is 0 Å². The standard InChI is InChI=1S/C46H26N4O/c1-2-12-29-26-30(22-20-27(29)10-1)49-38-18-8-6-15-34(38)41-39(49)25-24-33-32-14-5-7-17-37(32)50(44(33)41)46-47-36-16-9-19-40-42(36)43(48-46)35-23-21-28-11-3-4-13-31(28)45(35)51-40/h1-26H. The van der Waals surface area contributed by atoms with E-state index in [0.717, 1.165) is 77.6 Å². The molecule has 3 aromatic heterocycles. The van der Waals surface area contributed by atoms with Gasteiger partial charge in [0.25, 0.3) is 0 Å². The maximum absolute atomic E-state index is 6.62. The van der Waals surface area contributed by atoms with E-state index in [0.29, 0.717) is 5.95 Å². The Balaban J connectivity index is 1.22. The minimum absolute atomic E-state index is 0.636. The predicted octanol–water partition coefficient (Wildman–Crippen LogP) is 11.9. The van der Waals surface area contributed by atoms with Gasteiger partial charge in [-0.3, -0.25) is 4.57 Å². The highest BCUT2D eigenvalue weighted by Gasteiger charge is 2.27. The van der Waals surface area contributed by atoms with Gasteiger partial charge in [-0.1, -0.05) is 109 Å². The topological polar surface area (TPSA) is 44.9 Å². The first-order valence-corrected chi connectivity index (χ1v) is 17.3. The number of hydrogen-bond donors (Lipinski definition) is 0. The Bertz CT molecular complexity index is 3300. The number of aromatic nitrogens is 4. The summed E-state index contributed by atoms with van der Waals surface area (Å²) in [5, 5.41) is 10.3. The molecular formula is C46H26N4O. The van der Waals surface area contributed by atoms with Gasteiger partial charge in [-0.2, -0.15) is 0 Å². The lowest BCUT2D eigenvalue weighted by Crippen LogP contribution is -2.07. The smallest absolute Gasteiger partial charge is 0.235 e. The Morgan fingerprint density at radius 3 is 2.06 bits per heavy atom. The average Bonchev–Trinajstić information content (AvgIpc) is 3.71. The van der Waals surface area contributed by atoms with Gasteiger partial charge < -0.3 is 9.30 Å². The summed E-state index contributed by atoms with van der Waals surface area (Å²) >= 11 is 0. The summed E-state index contributed by atoms with van der Waals surface area (Å²) in [5.41, 5.74) is 8.29. The summed E-state index contributed by atoms with van der Waals surface area (Å²) < 4.78 is 11.3. The van der Waals surface area contributed by atoms with Gasteiger partial charge in [0.15, 0.2) is 0 Å². The number of benzene rings is 8. The zero-order chi connectivity index (χ0) is 33.2. The van der Waals surface area contributed by atoms with Crippen LogP contribution in [0.4, 0.5) is 0 Å². The molecule has 1 aliphatic heterocycles. The van der Waals surface area contributed by atoms with E-state index >= 15 is 0 Å². The number of para-hydroxylation sites is 2. The molecule has 51 heavy (non-hydrogen) atoms. The molecule has 0 aliphatic carbocycles. The predicted molar refractivity (Wildman–Crippen MR) is 209 cm³/mol. The van der Waals surface area contributed by atoms with E-state index in [9.17, 15) is 0 Å². The Kier molecular flexibility index (Phi) is 5.17. The molecule has 0 unspecified atom stereocenters. The van der Waals surface area contributed by atoms with Crippen LogP contribution in [0.25, 0.3) is 99.0 Å². The van der Waals surface area contributed by atoms with Gasteiger partial charge in [0.05, 0.1) is 38.7 Å². The lowest BCUT2D eigenvalue weighted by atomic mass is 9.98. The number of rotatable bonds is 2. The minimum Gasteiger partial charge on any atom is -0.455 e. The van der Waals surface area contributed by atoms with Crippen LogP contribution in [0.1, 0.15) is 0 Å². The van der Waals surface area contributed by atoms with Crippen LogP contribution >= 0.6 is 0 Å². The highest BCUT2D eigenvalue weighted by atomic mass is 16.5. The molecule has 0 N–H and O–H groups in total. The highest BCUT2D eigenvalue weighted by molar-refractivity contribution is 6.26. The van der Waals surface area contributed by atoms with Crippen molar-refractivity contribution in [1.29, 1.82) is 0 Å². The number of ether oxygens (including phenoxy) is 1. The summed E-state index contributed by atoms with van der Waals surface area (Å²) in [6.45, 7) is 0. The first-order valence-electron chi connectivity index (χ1n) is 17.3. The molecule has 0 radical (unpaired) electrons. The molecule has 0 amide bonds. The summed E-state index contributed by atoms with van der Waals surface area (Å²) in [5.74, 6) is 2.25. The van der Waals surface area contributed by atoms with Crippen molar-refractivity contribution in [3.05, 3.63) is 158 Å². The van der Waals surface area contributed by atoms with E-state index in [1.165, 1.54) is 26.9 Å². The third-order valence-corrected chi connectivity index (χ3v) is 10.7. The maximum Gasteiger partial charge on any atom is 0.235 e. The van der Waals surface area contributed by atoms with Gasteiger partial charge in [-0.15, -0.1) is 0 Å². The SMILES string of the molecule is c1ccc2cc(-n3c4ccccc4c4c3ccc3c5ccccc5n(-c5nc6c7c(cccc7n5)Oc5c-6ccc6ccccc56)c34)ccc2c1. The molecule has 11 aromatic rings. The zero-order valence-corrected chi connectivity index (χ0v) is 27.2. The van der Waals surface area contributed by atoms with E-state index in [1.54, 1.807) is 0 Å². The average molecular weight is 651 g/mol. The van der Waals surface area contributed by atoms with Crippen molar-refractivity contribution in [3.63, 3.8) is 0 Å². The Morgan fingerprint density at radius 1 is 0.451 bits per heavy atom. The molecule has 0 spiro atoms. The fraction of sp³-hybridized carbons (Fsp3) is 0. The Hall–Kier alpha value is -6.98. The van der Waals surface area contributed by atoms with Crippen LogP contribution in [0.5, 0.6) is 11.5 Å². The summed E-state index contributed by atoms with van der Waals surface area (Å²) in [4.78, 5) is 10.8. The van der Waals surface area contributed by atoms with Crippen molar-refractivity contribution in [2.24, 2.45) is 0 Å². The zero-order valence-electron chi connectivity index (χ0n) is 27.2. The molecular weight excluding hydrogens is 625 g/mol. The molecule has 0 saturated heterocycles. The van der Waals surface area contributed by atoms with Crippen LogP contribution in [0.2, 0.25) is 0 Å². The molecule has 5 heteroatoms. The van der Waals surface area contributed by atoms with E-state index in [1.807, 2.05) is 12.1 Å². The number of hydrogen-bond acceptors (Lipinski definition) is 3. The molecule has 1 aliphatic rings. The van der Waals surface area contributed by atoms with Gasteiger partial charge in [-0.05, 0) is 64.7 Å². The second kappa shape index (κ2) is 9.80. The van der Waals surface area contributed by atoms with E-state index in [4.69, 9.17) is 14.7 Å². The van der Waals surface area contributed by atoms with Crippen molar-refractivity contribution in [1.82, 2.24) is 19.1 Å². The fourth-order valence-corrected chi connectivity index (χ4v) is 8.48. The van der Waals surface area contributed by atoms with Crippen LogP contribution in [0.15, 0.2) is 158 Å². The molecule has 236 valence electrons. The lowest BCUT2D eigenvalue weighted by molar-refractivity contribution is 0.492. The quantitative estimate of drug-likeness (QED) is 0.187. The molecule has 0 bridgehead atoms. The van der Waals surface area contributed by atoms with Crippen LogP contribution in [-0.2, 0) is 0 Å². The minimum atomic E-state index is 0.636. The third-order valence-electron chi connectivity index (χ3n) is 10.7. The van der Waals surface area contributed by atoms with Crippen molar-refractivity contribution >= 4 is 76.1 Å². The normalized spacial score (nSPS) is 12.5. The number of fused-ring (bicyclic) bond motifs is 12. The van der Waals surface area contributed by atoms with Gasteiger partial charge in [-0.25, -0.2) is 9.97 Å². The molecule has 5 nitrogen and oxygen atoms in total.